The van der Waals surface area contributed by atoms with Crippen LogP contribution in [0.4, 0.5) is 0 Å². The van der Waals surface area contributed by atoms with Crippen LogP contribution in [0, 0.1) is 20.8 Å². The van der Waals surface area contributed by atoms with Gasteiger partial charge in [-0.3, -0.25) is 19.2 Å². The van der Waals surface area contributed by atoms with E-state index in [1.165, 1.54) is 39.8 Å². The van der Waals surface area contributed by atoms with E-state index in [4.69, 9.17) is 0 Å². The van der Waals surface area contributed by atoms with Gasteiger partial charge in [0, 0.05) is 11.5 Å². The fourth-order valence-electron chi connectivity index (χ4n) is 3.46. The lowest BCUT2D eigenvalue weighted by Gasteiger charge is -2.49. The molecule has 32 heavy (non-hydrogen) atoms. The lowest BCUT2D eigenvalue weighted by molar-refractivity contribution is -0.150. The summed E-state index contributed by atoms with van der Waals surface area (Å²) in [6.45, 7) is 5.51. The van der Waals surface area contributed by atoms with Gasteiger partial charge in [0.05, 0.1) is 15.9 Å². The van der Waals surface area contributed by atoms with Gasteiger partial charge < -0.3 is 10.4 Å². The molecule has 0 saturated carbocycles. The number of fused-ring (bicyclic) bond motifs is 1. The predicted molar refractivity (Wildman–Crippen MR) is 124 cm³/mol. The zero-order chi connectivity index (χ0) is 23.2. The van der Waals surface area contributed by atoms with Gasteiger partial charge in [-0.25, -0.2) is 4.79 Å². The SMILES string of the molecule is Cc1nnc(SCC2=C(C(=O)O)N3C(=O)[C@H](NC(=O)Cn4nc(C)c(Br)c4C)[C@H]3SC2)s1. The van der Waals surface area contributed by atoms with Crippen molar-refractivity contribution in [3.8, 4) is 0 Å². The summed E-state index contributed by atoms with van der Waals surface area (Å²) in [5.41, 5.74) is 2.24. The first kappa shape index (κ1) is 23.3. The number of hydrogen-bond donors (Lipinski definition) is 2. The molecule has 0 aromatic carbocycles. The Kier molecular flexibility index (Phi) is 6.66. The molecule has 0 unspecified atom stereocenters. The van der Waals surface area contributed by atoms with Gasteiger partial charge in [-0.05, 0) is 42.3 Å². The van der Waals surface area contributed by atoms with Crippen LogP contribution in [0.2, 0.25) is 0 Å². The number of amides is 2. The second kappa shape index (κ2) is 9.15. The molecular weight excluding hydrogens is 540 g/mol. The third-order valence-electron chi connectivity index (χ3n) is 5.03. The zero-order valence-corrected chi connectivity index (χ0v) is 21.3. The number of carboxylic acids is 1. The summed E-state index contributed by atoms with van der Waals surface area (Å²) < 4.78 is 3.16. The normalized spacial score (nSPS) is 20.2. The molecule has 2 amide bonds. The summed E-state index contributed by atoms with van der Waals surface area (Å²) >= 11 is 7.72. The van der Waals surface area contributed by atoms with Crippen LogP contribution >= 0.6 is 50.8 Å². The van der Waals surface area contributed by atoms with Gasteiger partial charge in [0.2, 0.25) is 5.91 Å². The molecular formula is C18H19BrN6O4S3. The van der Waals surface area contributed by atoms with Gasteiger partial charge in [0.25, 0.3) is 5.91 Å². The minimum absolute atomic E-state index is 0.000428. The molecule has 0 aliphatic carbocycles. The van der Waals surface area contributed by atoms with E-state index in [0.29, 0.717) is 17.1 Å². The topological polar surface area (TPSA) is 130 Å². The smallest absolute Gasteiger partial charge is 0.352 e. The molecule has 0 radical (unpaired) electrons. The number of rotatable bonds is 7. The molecule has 10 nitrogen and oxygen atoms in total. The van der Waals surface area contributed by atoms with Crippen LogP contribution in [-0.2, 0) is 20.9 Å². The second-order valence-electron chi connectivity index (χ2n) is 7.23. The first-order chi connectivity index (χ1) is 15.2. The maximum atomic E-state index is 12.8. The predicted octanol–water partition coefficient (Wildman–Crippen LogP) is 1.95. The number of carboxylic acid groups (broad SMARTS) is 1. The highest BCUT2D eigenvalue weighted by Gasteiger charge is 2.54. The van der Waals surface area contributed by atoms with Gasteiger partial charge in [-0.1, -0.05) is 23.1 Å². The van der Waals surface area contributed by atoms with Gasteiger partial charge >= 0.3 is 5.97 Å². The maximum Gasteiger partial charge on any atom is 0.352 e. The summed E-state index contributed by atoms with van der Waals surface area (Å²) in [5.74, 6) is -1.06. The largest absolute Gasteiger partial charge is 0.477 e. The molecule has 2 aliphatic rings. The second-order valence-corrected chi connectivity index (χ2v) is 11.5. The van der Waals surface area contributed by atoms with Crippen molar-refractivity contribution in [2.45, 2.75) is 43.1 Å². The Morgan fingerprint density at radius 1 is 1.31 bits per heavy atom. The Labute approximate surface area is 204 Å². The summed E-state index contributed by atoms with van der Waals surface area (Å²) in [6.07, 6.45) is 0. The number of aliphatic carboxylic acids is 1. The van der Waals surface area contributed by atoms with E-state index in [2.05, 4.69) is 36.5 Å². The zero-order valence-electron chi connectivity index (χ0n) is 17.3. The molecule has 2 aromatic rings. The summed E-state index contributed by atoms with van der Waals surface area (Å²) in [5, 5.41) is 25.2. The van der Waals surface area contributed by atoms with Gasteiger partial charge in [0.15, 0.2) is 4.34 Å². The maximum absolute atomic E-state index is 12.8. The van der Waals surface area contributed by atoms with Crippen molar-refractivity contribution < 1.29 is 19.5 Å². The molecule has 4 rings (SSSR count). The van der Waals surface area contributed by atoms with Crippen LogP contribution in [0.3, 0.4) is 0 Å². The Morgan fingerprint density at radius 2 is 2.06 bits per heavy atom. The number of β-lactam (4-membered cyclic amide) rings is 1. The van der Waals surface area contributed by atoms with Crippen molar-refractivity contribution in [2.75, 3.05) is 11.5 Å². The van der Waals surface area contributed by atoms with Crippen LogP contribution in [0.5, 0.6) is 0 Å². The Balaban J connectivity index is 1.43. The van der Waals surface area contributed by atoms with E-state index in [-0.39, 0.29) is 18.1 Å². The Hall–Kier alpha value is -1.90. The average molecular weight is 559 g/mol. The monoisotopic (exact) mass is 558 g/mol. The standard InChI is InChI=1S/C18H19BrN6O4S3/c1-7-12(19)8(2)24(23-7)4-11(26)20-13-15(27)25-14(17(28)29)10(5-30-16(13)25)6-31-18-22-21-9(3)32-18/h13,16H,4-6H2,1-3H3,(H,20,26)(H,28,29)/t13-,16+/m0/s1. The molecule has 4 heterocycles. The summed E-state index contributed by atoms with van der Waals surface area (Å²) in [7, 11) is 0. The molecule has 1 fully saturated rings. The molecule has 0 bridgehead atoms. The molecule has 2 atom stereocenters. The van der Waals surface area contributed by atoms with Crippen LogP contribution in [-0.4, -0.2) is 70.7 Å². The number of thioether (sulfide) groups is 2. The van der Waals surface area contributed by atoms with E-state index in [1.807, 2.05) is 20.8 Å². The fraction of sp³-hybridized carbons (Fsp3) is 0.444. The Morgan fingerprint density at radius 3 is 2.66 bits per heavy atom. The van der Waals surface area contributed by atoms with E-state index in [1.54, 1.807) is 4.68 Å². The highest BCUT2D eigenvalue weighted by Crippen LogP contribution is 2.41. The lowest BCUT2D eigenvalue weighted by atomic mass is 10.0. The first-order valence-electron chi connectivity index (χ1n) is 9.49. The Bertz CT molecular complexity index is 1150. The van der Waals surface area contributed by atoms with Crippen molar-refractivity contribution in [1.29, 1.82) is 0 Å². The number of hydrogen-bond acceptors (Lipinski definition) is 9. The van der Waals surface area contributed by atoms with Gasteiger partial charge in [0.1, 0.15) is 28.7 Å². The van der Waals surface area contributed by atoms with Gasteiger partial charge in [-0.2, -0.15) is 5.10 Å². The van der Waals surface area contributed by atoms with E-state index in [0.717, 1.165) is 25.2 Å². The summed E-state index contributed by atoms with van der Waals surface area (Å²) in [4.78, 5) is 38.6. The minimum Gasteiger partial charge on any atom is -0.477 e. The van der Waals surface area contributed by atoms with Gasteiger partial charge in [-0.15, -0.1) is 22.0 Å². The number of nitrogens with zero attached hydrogens (tertiary/aromatic N) is 5. The van der Waals surface area contributed by atoms with Crippen molar-refractivity contribution in [3.05, 3.63) is 32.1 Å². The van der Waals surface area contributed by atoms with E-state index < -0.39 is 23.3 Å². The summed E-state index contributed by atoms with van der Waals surface area (Å²) in [6, 6.07) is -0.762. The fourth-order valence-corrected chi connectivity index (χ4v) is 7.05. The molecule has 170 valence electrons. The number of carbonyl (C=O) groups is 3. The highest BCUT2D eigenvalue weighted by atomic mass is 79.9. The molecule has 0 spiro atoms. The van der Waals surface area contributed by atoms with Crippen LogP contribution in [0.1, 0.15) is 16.4 Å². The molecule has 1 saturated heterocycles. The van der Waals surface area contributed by atoms with Crippen molar-refractivity contribution in [1.82, 2.24) is 30.2 Å². The van der Waals surface area contributed by atoms with Crippen molar-refractivity contribution in [2.24, 2.45) is 0 Å². The molecule has 2 aromatic heterocycles. The number of halogens is 1. The average Bonchev–Trinajstić information content (AvgIpc) is 3.27. The van der Waals surface area contributed by atoms with Crippen molar-refractivity contribution >= 4 is 68.6 Å². The van der Waals surface area contributed by atoms with E-state index >= 15 is 0 Å². The number of nitrogens with one attached hydrogen (secondary N) is 1. The van der Waals surface area contributed by atoms with Crippen molar-refractivity contribution in [3.63, 3.8) is 0 Å². The first-order valence-corrected chi connectivity index (χ1v) is 13.1. The number of aromatic nitrogens is 4. The van der Waals surface area contributed by atoms with Crippen LogP contribution in [0.15, 0.2) is 20.1 Å². The molecule has 2 N–H and O–H groups in total. The molecule has 14 heteroatoms. The van der Waals surface area contributed by atoms with Crippen LogP contribution in [0.25, 0.3) is 0 Å². The number of aryl methyl sites for hydroxylation is 2. The highest BCUT2D eigenvalue weighted by molar-refractivity contribution is 9.10. The van der Waals surface area contributed by atoms with E-state index in [9.17, 15) is 19.5 Å². The van der Waals surface area contributed by atoms with Crippen LogP contribution < -0.4 is 5.32 Å². The number of carbonyl (C=O) groups excluding carboxylic acids is 2. The quantitative estimate of drug-likeness (QED) is 0.386. The minimum atomic E-state index is -1.15. The third-order valence-corrected chi connectivity index (χ3v) is 9.58. The third kappa shape index (κ3) is 4.32. The molecule has 2 aliphatic heterocycles. The lowest BCUT2D eigenvalue weighted by Crippen LogP contribution is -2.70.